The van der Waals surface area contributed by atoms with Crippen LogP contribution in [-0.4, -0.2) is 82.4 Å². The van der Waals surface area contributed by atoms with Crippen LogP contribution in [0.5, 0.6) is 11.5 Å². The molecule has 0 spiro atoms. The molecular weight excluding hydrogens is 833 g/mol. The number of aryl methyl sites for hydroxylation is 2. The Morgan fingerprint density at radius 1 is 0.540 bits per heavy atom. The highest BCUT2D eigenvalue weighted by Crippen LogP contribution is 2.27. The molecule has 0 aliphatic carbocycles. The SMILES string of the molecule is C.CCO[C@@H](Cc1ccc(OCCn2c(C)ccc2-c2ccc(SC)cc2)cc1)C(=O)O.CCO[C@@H](Cc1ccc(OCCn2c(C)ccc2-c2ccc(SC)cc2)cc1)C(=O)O. The molecule has 12 heteroatoms. The van der Waals surface area contributed by atoms with Gasteiger partial charge in [-0.25, -0.2) is 9.59 Å². The van der Waals surface area contributed by atoms with E-state index in [0.29, 0.717) is 39.3 Å². The molecule has 0 aliphatic heterocycles. The summed E-state index contributed by atoms with van der Waals surface area (Å²) in [4.78, 5) is 25.0. The number of carboxylic acid groups (broad SMARTS) is 2. The molecule has 10 nitrogen and oxygen atoms in total. The van der Waals surface area contributed by atoms with E-state index >= 15 is 0 Å². The predicted octanol–water partition coefficient (Wildman–Crippen LogP) is 11.2. The quantitative estimate of drug-likeness (QED) is 0.0637. The fourth-order valence-electron chi connectivity index (χ4n) is 6.98. The zero-order chi connectivity index (χ0) is 44.4. The van der Waals surface area contributed by atoms with E-state index in [1.165, 1.54) is 43.7 Å². The van der Waals surface area contributed by atoms with Gasteiger partial charge in [-0.1, -0.05) is 56.0 Å². The van der Waals surface area contributed by atoms with Crippen LogP contribution in [0.2, 0.25) is 0 Å². The first-order chi connectivity index (χ1) is 30.0. The third kappa shape index (κ3) is 14.8. The molecule has 0 saturated heterocycles. The van der Waals surface area contributed by atoms with Gasteiger partial charge in [0.1, 0.15) is 24.7 Å². The van der Waals surface area contributed by atoms with E-state index in [0.717, 1.165) is 35.7 Å². The maximum absolute atomic E-state index is 11.3. The Morgan fingerprint density at radius 2 is 0.889 bits per heavy atom. The predicted molar refractivity (Wildman–Crippen MR) is 257 cm³/mol. The molecule has 336 valence electrons. The lowest BCUT2D eigenvalue weighted by Crippen LogP contribution is -2.26. The summed E-state index contributed by atoms with van der Waals surface area (Å²) in [5.41, 5.74) is 8.95. The Bertz CT molecular complexity index is 2120. The van der Waals surface area contributed by atoms with Crippen molar-refractivity contribution in [3.05, 3.63) is 144 Å². The largest absolute Gasteiger partial charge is 0.492 e. The summed E-state index contributed by atoms with van der Waals surface area (Å²) in [6.07, 6.45) is 3.19. The summed E-state index contributed by atoms with van der Waals surface area (Å²) in [5.74, 6) is -0.350. The monoisotopic (exact) mass is 894 g/mol. The van der Waals surface area contributed by atoms with E-state index in [9.17, 15) is 19.8 Å². The summed E-state index contributed by atoms with van der Waals surface area (Å²) in [5, 5.41) is 18.5. The second-order valence-electron chi connectivity index (χ2n) is 14.4. The van der Waals surface area contributed by atoms with Gasteiger partial charge in [0.2, 0.25) is 0 Å². The first-order valence-electron chi connectivity index (χ1n) is 20.8. The molecule has 6 rings (SSSR count). The highest BCUT2D eigenvalue weighted by atomic mass is 32.2. The Balaban J connectivity index is 0.000000272. The van der Waals surface area contributed by atoms with Crippen LogP contribution in [0.3, 0.4) is 0 Å². The van der Waals surface area contributed by atoms with Gasteiger partial charge in [-0.3, -0.25) is 0 Å². The van der Waals surface area contributed by atoms with Crippen LogP contribution in [0.25, 0.3) is 22.5 Å². The van der Waals surface area contributed by atoms with Crippen LogP contribution < -0.4 is 9.47 Å². The average molecular weight is 895 g/mol. The Labute approximate surface area is 381 Å². The summed E-state index contributed by atoms with van der Waals surface area (Å²) < 4.78 is 27.0. The number of hydrogen-bond acceptors (Lipinski definition) is 8. The fraction of sp³-hybridized carbons (Fsp3) is 0.333. The first kappa shape index (κ1) is 50.2. The van der Waals surface area contributed by atoms with E-state index in [1.807, 2.05) is 48.5 Å². The number of rotatable bonds is 22. The lowest BCUT2D eigenvalue weighted by Gasteiger charge is -2.14. The summed E-state index contributed by atoms with van der Waals surface area (Å²) in [7, 11) is 0. The molecule has 4 aromatic carbocycles. The smallest absolute Gasteiger partial charge is 0.333 e. The second kappa shape index (κ2) is 25.6. The minimum Gasteiger partial charge on any atom is -0.492 e. The van der Waals surface area contributed by atoms with Gasteiger partial charge in [-0.2, -0.15) is 0 Å². The fourth-order valence-corrected chi connectivity index (χ4v) is 7.80. The summed E-state index contributed by atoms with van der Waals surface area (Å²) >= 11 is 3.48. The molecule has 0 radical (unpaired) electrons. The average Bonchev–Trinajstić information content (AvgIpc) is 3.85. The number of aromatic nitrogens is 2. The molecule has 63 heavy (non-hydrogen) atoms. The van der Waals surface area contributed by atoms with E-state index < -0.39 is 24.1 Å². The van der Waals surface area contributed by atoms with Crippen molar-refractivity contribution in [1.82, 2.24) is 9.13 Å². The van der Waals surface area contributed by atoms with Crippen molar-refractivity contribution in [2.75, 3.05) is 38.9 Å². The number of thioether (sulfide) groups is 2. The topological polar surface area (TPSA) is 121 Å². The highest BCUT2D eigenvalue weighted by molar-refractivity contribution is 7.98. The van der Waals surface area contributed by atoms with Crippen LogP contribution in [-0.2, 0) is 45.0 Å². The molecule has 6 aromatic rings. The number of carboxylic acids is 2. The van der Waals surface area contributed by atoms with E-state index in [-0.39, 0.29) is 7.43 Å². The molecule has 0 unspecified atom stereocenters. The van der Waals surface area contributed by atoms with Crippen LogP contribution >= 0.6 is 23.5 Å². The third-order valence-corrected chi connectivity index (χ3v) is 11.8. The number of benzene rings is 4. The minimum atomic E-state index is -0.942. The first-order valence-corrected chi connectivity index (χ1v) is 23.2. The number of carbonyl (C=O) groups is 2. The van der Waals surface area contributed by atoms with Crippen LogP contribution in [0, 0.1) is 13.8 Å². The summed E-state index contributed by atoms with van der Waals surface area (Å²) in [6.45, 7) is 11.1. The summed E-state index contributed by atoms with van der Waals surface area (Å²) in [6, 6.07) is 40.8. The zero-order valence-electron chi connectivity index (χ0n) is 36.4. The van der Waals surface area contributed by atoms with Gasteiger partial charge in [-0.15, -0.1) is 23.5 Å². The number of aliphatic carboxylic acids is 2. The van der Waals surface area contributed by atoms with Gasteiger partial charge in [0, 0.05) is 58.6 Å². The van der Waals surface area contributed by atoms with Crippen molar-refractivity contribution in [2.24, 2.45) is 0 Å². The zero-order valence-corrected chi connectivity index (χ0v) is 38.0. The van der Waals surface area contributed by atoms with Crippen molar-refractivity contribution in [2.45, 2.75) is 83.1 Å². The van der Waals surface area contributed by atoms with Gasteiger partial charge in [0.15, 0.2) is 12.2 Å². The normalized spacial score (nSPS) is 11.8. The van der Waals surface area contributed by atoms with E-state index in [2.05, 4.69) is 108 Å². The van der Waals surface area contributed by atoms with Gasteiger partial charge in [0.25, 0.3) is 0 Å². The van der Waals surface area contributed by atoms with Crippen molar-refractivity contribution in [3.63, 3.8) is 0 Å². The minimum absolute atomic E-state index is 0. The maximum Gasteiger partial charge on any atom is 0.333 e. The number of nitrogens with zero attached hydrogens (tertiary/aromatic N) is 2. The van der Waals surface area contributed by atoms with Gasteiger partial charge in [0.05, 0.1) is 13.1 Å². The molecule has 0 fully saturated rings. The molecular formula is C51H62N2O8S2. The Hall–Kier alpha value is -5.40. The number of hydrogen-bond donors (Lipinski definition) is 2. The molecule has 2 aromatic heterocycles. The van der Waals surface area contributed by atoms with Gasteiger partial charge >= 0.3 is 11.9 Å². The van der Waals surface area contributed by atoms with Crippen molar-refractivity contribution in [3.8, 4) is 34.0 Å². The molecule has 2 heterocycles. The van der Waals surface area contributed by atoms with E-state index in [1.54, 1.807) is 37.4 Å². The highest BCUT2D eigenvalue weighted by Gasteiger charge is 2.19. The lowest BCUT2D eigenvalue weighted by molar-refractivity contribution is -0.150. The van der Waals surface area contributed by atoms with Crippen LogP contribution in [0.15, 0.2) is 131 Å². The van der Waals surface area contributed by atoms with Crippen molar-refractivity contribution in [1.29, 1.82) is 0 Å². The molecule has 2 atom stereocenters. The number of ether oxygens (including phenoxy) is 4. The molecule has 0 saturated carbocycles. The Morgan fingerprint density at radius 3 is 1.19 bits per heavy atom. The van der Waals surface area contributed by atoms with Gasteiger partial charge in [-0.05, 0) is 135 Å². The van der Waals surface area contributed by atoms with E-state index in [4.69, 9.17) is 18.9 Å². The Kier molecular flexibility index (Phi) is 20.5. The van der Waals surface area contributed by atoms with Crippen LogP contribution in [0.4, 0.5) is 0 Å². The second-order valence-corrected chi connectivity index (χ2v) is 16.2. The molecule has 0 amide bonds. The van der Waals surface area contributed by atoms with Crippen LogP contribution in [0.1, 0.15) is 43.8 Å². The van der Waals surface area contributed by atoms with Crippen molar-refractivity contribution >= 4 is 35.5 Å². The molecule has 2 N–H and O–H groups in total. The standard InChI is InChI=1S/2C25H29NO4S.CH4/c2*1-4-29-24(25(27)28)17-19-6-10-21(11-7-19)30-16-15-26-18(2)5-14-23(26)20-8-12-22(31-3)13-9-20;/h2*5-14,24H,4,15-17H2,1-3H3,(H,27,28);1H4/t2*24-;/m00./s1. The van der Waals surface area contributed by atoms with Gasteiger partial charge < -0.3 is 38.3 Å². The maximum atomic E-state index is 11.3. The molecule has 0 aliphatic rings. The van der Waals surface area contributed by atoms with Crippen molar-refractivity contribution < 1.29 is 38.7 Å². The molecule has 0 bridgehead atoms. The lowest BCUT2D eigenvalue weighted by atomic mass is 10.1. The third-order valence-electron chi connectivity index (χ3n) is 10.3.